The minimum absolute atomic E-state index is 0.129. The van der Waals surface area contributed by atoms with E-state index in [0.29, 0.717) is 16.7 Å². The number of benzene rings is 2. The van der Waals surface area contributed by atoms with Gasteiger partial charge in [-0.05, 0) is 24.3 Å². The minimum Gasteiger partial charge on any atom is -0.369 e. The average molecular weight is 314 g/mol. The van der Waals surface area contributed by atoms with Gasteiger partial charge in [-0.1, -0.05) is 23.2 Å². The molecule has 1 heterocycles. The third-order valence-electron chi connectivity index (χ3n) is 2.87. The van der Waals surface area contributed by atoms with Gasteiger partial charge in [0.2, 0.25) is 5.95 Å². The highest BCUT2D eigenvalue weighted by Gasteiger charge is 2.14. The number of imidazole rings is 1. The lowest BCUT2D eigenvalue weighted by Crippen LogP contribution is -2.01. The van der Waals surface area contributed by atoms with E-state index in [1.807, 2.05) is 0 Å². The Morgan fingerprint density at radius 1 is 1.05 bits per heavy atom. The van der Waals surface area contributed by atoms with E-state index in [1.54, 1.807) is 0 Å². The number of nitrogens with two attached hydrogens (primary N) is 1. The lowest BCUT2D eigenvalue weighted by Gasteiger charge is -2.08. The van der Waals surface area contributed by atoms with Gasteiger partial charge in [0.25, 0.3) is 0 Å². The number of nitrogen functional groups attached to an aromatic ring is 1. The molecule has 0 saturated heterocycles. The highest BCUT2D eigenvalue weighted by Crippen LogP contribution is 2.30. The average Bonchev–Trinajstić information content (AvgIpc) is 2.70. The molecule has 20 heavy (non-hydrogen) atoms. The summed E-state index contributed by atoms with van der Waals surface area (Å²) in [4.78, 5) is 4.11. The number of nitrogens with zero attached hydrogens (tertiary/aromatic N) is 2. The molecule has 0 aliphatic rings. The highest BCUT2D eigenvalue weighted by atomic mass is 35.5. The van der Waals surface area contributed by atoms with Crippen molar-refractivity contribution in [2.45, 2.75) is 0 Å². The van der Waals surface area contributed by atoms with E-state index in [0.717, 1.165) is 0 Å². The van der Waals surface area contributed by atoms with Crippen molar-refractivity contribution in [3.05, 3.63) is 52.0 Å². The van der Waals surface area contributed by atoms with Crippen molar-refractivity contribution in [1.82, 2.24) is 9.55 Å². The molecule has 0 saturated carbocycles. The molecule has 102 valence electrons. The van der Waals surface area contributed by atoms with Crippen LogP contribution in [0.2, 0.25) is 10.0 Å². The van der Waals surface area contributed by atoms with Gasteiger partial charge in [0.1, 0.15) is 5.82 Å². The third-order valence-corrected chi connectivity index (χ3v) is 3.42. The smallest absolute Gasteiger partial charge is 0.205 e. The molecular formula is C13H7Cl2F2N3. The van der Waals surface area contributed by atoms with Gasteiger partial charge in [-0.15, -0.1) is 0 Å². The van der Waals surface area contributed by atoms with Crippen molar-refractivity contribution < 1.29 is 8.78 Å². The molecule has 3 rings (SSSR count). The summed E-state index contributed by atoms with van der Waals surface area (Å²) in [5.41, 5.74) is 7.19. The van der Waals surface area contributed by atoms with Crippen LogP contribution in [-0.2, 0) is 0 Å². The van der Waals surface area contributed by atoms with Crippen LogP contribution in [0.5, 0.6) is 0 Å². The Kier molecular flexibility index (Phi) is 3.03. The number of fused-ring (bicyclic) bond motifs is 1. The number of hydrogen-bond acceptors (Lipinski definition) is 2. The summed E-state index contributed by atoms with van der Waals surface area (Å²) in [6.07, 6.45) is 0. The van der Waals surface area contributed by atoms with Gasteiger partial charge in [0.05, 0.1) is 26.8 Å². The molecule has 0 spiro atoms. The summed E-state index contributed by atoms with van der Waals surface area (Å²) in [5, 5.41) is -0.296. The summed E-state index contributed by atoms with van der Waals surface area (Å²) in [6, 6.07) is 6.77. The zero-order valence-corrected chi connectivity index (χ0v) is 11.4. The van der Waals surface area contributed by atoms with E-state index >= 15 is 0 Å². The lowest BCUT2D eigenvalue weighted by molar-refractivity contribution is 0.627. The fourth-order valence-electron chi connectivity index (χ4n) is 2.01. The Balaban J connectivity index is 2.34. The second-order valence-corrected chi connectivity index (χ2v) is 4.98. The number of aromatic nitrogens is 2. The summed E-state index contributed by atoms with van der Waals surface area (Å²) in [6.45, 7) is 0. The quantitative estimate of drug-likeness (QED) is 0.684. The SMILES string of the molecule is Nc1nc2ccc(F)cc2n1-c1cc(Cl)c(F)c(Cl)c1. The first-order valence-corrected chi connectivity index (χ1v) is 6.31. The first-order chi connectivity index (χ1) is 9.47. The first kappa shape index (κ1) is 13.1. The lowest BCUT2D eigenvalue weighted by atomic mass is 10.2. The van der Waals surface area contributed by atoms with Crippen LogP contribution in [0.25, 0.3) is 16.7 Å². The molecule has 3 nitrogen and oxygen atoms in total. The Morgan fingerprint density at radius 3 is 2.35 bits per heavy atom. The van der Waals surface area contributed by atoms with Crippen LogP contribution in [0.4, 0.5) is 14.7 Å². The minimum atomic E-state index is -0.716. The molecule has 0 aliphatic carbocycles. The molecule has 2 aromatic carbocycles. The molecule has 0 amide bonds. The van der Waals surface area contributed by atoms with Crippen LogP contribution in [0.15, 0.2) is 30.3 Å². The van der Waals surface area contributed by atoms with E-state index < -0.39 is 11.6 Å². The summed E-state index contributed by atoms with van der Waals surface area (Å²) < 4.78 is 28.3. The number of halogens is 4. The third kappa shape index (κ3) is 1.99. The van der Waals surface area contributed by atoms with Crippen molar-refractivity contribution in [1.29, 1.82) is 0 Å². The standard InChI is InChI=1S/C13H7Cl2F2N3/c14-8-4-7(5-9(15)12(8)17)20-11-3-6(16)1-2-10(11)19-13(20)18/h1-5H,(H2,18,19). The van der Waals surface area contributed by atoms with Gasteiger partial charge in [-0.25, -0.2) is 13.8 Å². The Morgan fingerprint density at radius 2 is 1.70 bits per heavy atom. The summed E-state index contributed by atoms with van der Waals surface area (Å²) >= 11 is 11.5. The zero-order chi connectivity index (χ0) is 14.4. The van der Waals surface area contributed by atoms with Crippen molar-refractivity contribution >= 4 is 40.2 Å². The van der Waals surface area contributed by atoms with Crippen LogP contribution in [0.1, 0.15) is 0 Å². The molecule has 2 N–H and O–H groups in total. The van der Waals surface area contributed by atoms with Crippen molar-refractivity contribution in [2.75, 3.05) is 5.73 Å². The van der Waals surface area contributed by atoms with E-state index in [4.69, 9.17) is 28.9 Å². The zero-order valence-electron chi connectivity index (χ0n) is 9.87. The number of anilines is 1. The second kappa shape index (κ2) is 4.61. The number of hydrogen-bond donors (Lipinski definition) is 1. The maximum absolute atomic E-state index is 13.5. The van der Waals surface area contributed by atoms with Crippen LogP contribution in [0, 0.1) is 11.6 Å². The number of rotatable bonds is 1. The van der Waals surface area contributed by atoms with Gasteiger partial charge in [0, 0.05) is 6.07 Å². The molecule has 1 aromatic heterocycles. The summed E-state index contributed by atoms with van der Waals surface area (Å²) in [7, 11) is 0. The van der Waals surface area contributed by atoms with E-state index in [1.165, 1.54) is 34.9 Å². The van der Waals surface area contributed by atoms with Crippen LogP contribution >= 0.6 is 23.2 Å². The second-order valence-electron chi connectivity index (χ2n) is 4.16. The fraction of sp³-hybridized carbons (Fsp3) is 0. The van der Waals surface area contributed by atoms with Crippen LogP contribution in [0.3, 0.4) is 0 Å². The summed E-state index contributed by atoms with van der Waals surface area (Å²) in [5.74, 6) is -1.02. The molecule has 0 aliphatic heterocycles. The van der Waals surface area contributed by atoms with Gasteiger partial charge in [-0.3, -0.25) is 4.57 Å². The molecule has 0 fully saturated rings. The Labute approximate surface area is 122 Å². The van der Waals surface area contributed by atoms with E-state index in [9.17, 15) is 8.78 Å². The fourth-order valence-corrected chi connectivity index (χ4v) is 2.49. The molecule has 0 radical (unpaired) electrons. The molecule has 0 unspecified atom stereocenters. The largest absolute Gasteiger partial charge is 0.369 e. The molecule has 3 aromatic rings. The predicted molar refractivity (Wildman–Crippen MR) is 75.4 cm³/mol. The normalized spacial score (nSPS) is 11.2. The van der Waals surface area contributed by atoms with Crippen molar-refractivity contribution in [2.24, 2.45) is 0 Å². The van der Waals surface area contributed by atoms with Gasteiger partial charge < -0.3 is 5.73 Å². The van der Waals surface area contributed by atoms with E-state index in [-0.39, 0.29) is 16.0 Å². The van der Waals surface area contributed by atoms with Crippen LogP contribution < -0.4 is 5.73 Å². The maximum Gasteiger partial charge on any atom is 0.205 e. The van der Waals surface area contributed by atoms with Crippen LogP contribution in [-0.4, -0.2) is 9.55 Å². The highest BCUT2D eigenvalue weighted by molar-refractivity contribution is 6.35. The molecule has 7 heteroatoms. The van der Waals surface area contributed by atoms with E-state index in [2.05, 4.69) is 4.98 Å². The maximum atomic E-state index is 13.5. The Hall–Kier alpha value is -1.85. The molecule has 0 atom stereocenters. The predicted octanol–water partition coefficient (Wildman–Crippen LogP) is 4.19. The molecular weight excluding hydrogens is 307 g/mol. The molecule has 0 bridgehead atoms. The van der Waals surface area contributed by atoms with Gasteiger partial charge in [0.15, 0.2) is 5.82 Å². The van der Waals surface area contributed by atoms with Gasteiger partial charge in [-0.2, -0.15) is 0 Å². The Bertz CT molecular complexity index is 807. The van der Waals surface area contributed by atoms with Crippen molar-refractivity contribution in [3.8, 4) is 5.69 Å². The van der Waals surface area contributed by atoms with Crippen molar-refractivity contribution in [3.63, 3.8) is 0 Å². The van der Waals surface area contributed by atoms with Gasteiger partial charge >= 0.3 is 0 Å². The first-order valence-electron chi connectivity index (χ1n) is 5.56. The monoisotopic (exact) mass is 313 g/mol. The topological polar surface area (TPSA) is 43.8 Å².